The van der Waals surface area contributed by atoms with Crippen LogP contribution in [0.15, 0.2) is 12.2 Å². The number of alkyl halides is 1. The molecule has 1 unspecified atom stereocenters. The van der Waals surface area contributed by atoms with E-state index >= 15 is 0 Å². The van der Waals surface area contributed by atoms with Crippen LogP contribution in [0.2, 0.25) is 0 Å². The van der Waals surface area contributed by atoms with Crippen LogP contribution in [0, 0.1) is 5.92 Å². The quantitative estimate of drug-likeness (QED) is 0.521. The number of piperazine rings is 1. The summed E-state index contributed by atoms with van der Waals surface area (Å²) in [5.41, 5.74) is 1.27. The molecule has 0 bridgehead atoms. The zero-order valence-electron chi connectivity index (χ0n) is 9.30. The Hall–Kier alpha value is -0.0500. The van der Waals surface area contributed by atoms with Crippen LogP contribution in [-0.4, -0.2) is 55.5 Å². The SMILES string of the molecule is C=C(CN1CCN(C)CC1)C(C)CCl. The van der Waals surface area contributed by atoms with Gasteiger partial charge in [0.2, 0.25) is 0 Å². The molecule has 0 N–H and O–H groups in total. The van der Waals surface area contributed by atoms with E-state index in [1.165, 1.54) is 18.7 Å². The molecule has 3 heteroatoms. The molecule has 1 atom stereocenters. The van der Waals surface area contributed by atoms with Gasteiger partial charge in [-0.25, -0.2) is 0 Å². The average molecular weight is 217 g/mol. The largest absolute Gasteiger partial charge is 0.304 e. The fraction of sp³-hybridized carbons (Fsp3) is 0.818. The molecule has 0 aromatic rings. The van der Waals surface area contributed by atoms with E-state index in [1.807, 2.05) is 0 Å². The van der Waals surface area contributed by atoms with Crippen molar-refractivity contribution in [3.05, 3.63) is 12.2 Å². The van der Waals surface area contributed by atoms with Gasteiger partial charge in [0.1, 0.15) is 0 Å². The van der Waals surface area contributed by atoms with E-state index < -0.39 is 0 Å². The highest BCUT2D eigenvalue weighted by atomic mass is 35.5. The predicted molar refractivity (Wildman–Crippen MR) is 63.0 cm³/mol. The molecule has 0 aromatic carbocycles. The minimum Gasteiger partial charge on any atom is -0.304 e. The van der Waals surface area contributed by atoms with Crippen molar-refractivity contribution in [2.24, 2.45) is 5.92 Å². The summed E-state index contributed by atoms with van der Waals surface area (Å²) in [4.78, 5) is 4.83. The number of hydrogen-bond acceptors (Lipinski definition) is 2. The summed E-state index contributed by atoms with van der Waals surface area (Å²) in [5, 5.41) is 0. The smallest absolute Gasteiger partial charge is 0.0286 e. The van der Waals surface area contributed by atoms with Crippen LogP contribution in [0.25, 0.3) is 0 Å². The van der Waals surface area contributed by atoms with Gasteiger partial charge in [0.15, 0.2) is 0 Å². The summed E-state index contributed by atoms with van der Waals surface area (Å²) >= 11 is 5.80. The Bertz CT molecular complexity index is 186. The Morgan fingerprint density at radius 3 is 2.43 bits per heavy atom. The van der Waals surface area contributed by atoms with E-state index in [9.17, 15) is 0 Å². The lowest BCUT2D eigenvalue weighted by Crippen LogP contribution is -2.45. The lowest BCUT2D eigenvalue weighted by Gasteiger charge is -2.33. The van der Waals surface area contributed by atoms with Crippen molar-refractivity contribution in [1.29, 1.82) is 0 Å². The molecule has 0 saturated carbocycles. The average Bonchev–Trinajstić information content (AvgIpc) is 2.20. The molecule has 0 aromatic heterocycles. The first-order valence-electron chi connectivity index (χ1n) is 5.28. The fourth-order valence-corrected chi connectivity index (χ4v) is 1.78. The minimum absolute atomic E-state index is 0.441. The van der Waals surface area contributed by atoms with E-state index in [1.54, 1.807) is 0 Å². The third-order valence-corrected chi connectivity index (χ3v) is 3.41. The molecule has 1 rings (SSSR count). The van der Waals surface area contributed by atoms with Crippen LogP contribution in [0.5, 0.6) is 0 Å². The van der Waals surface area contributed by atoms with Crippen LogP contribution >= 0.6 is 11.6 Å². The van der Waals surface area contributed by atoms with Crippen LogP contribution in [0.1, 0.15) is 6.92 Å². The first-order valence-corrected chi connectivity index (χ1v) is 5.81. The van der Waals surface area contributed by atoms with Gasteiger partial charge in [0, 0.05) is 38.6 Å². The highest BCUT2D eigenvalue weighted by Gasteiger charge is 2.15. The number of halogens is 1. The third kappa shape index (κ3) is 3.60. The van der Waals surface area contributed by atoms with Crippen molar-refractivity contribution in [2.75, 3.05) is 45.7 Å². The van der Waals surface area contributed by atoms with Crippen molar-refractivity contribution in [3.63, 3.8) is 0 Å². The maximum atomic E-state index is 5.80. The predicted octanol–water partition coefficient (Wildman–Crippen LogP) is 1.66. The second-order valence-corrected chi connectivity index (χ2v) is 4.60. The van der Waals surface area contributed by atoms with Crippen LogP contribution in [0.4, 0.5) is 0 Å². The second kappa shape index (κ2) is 5.74. The molecule has 1 fully saturated rings. The summed E-state index contributed by atoms with van der Waals surface area (Å²) < 4.78 is 0. The second-order valence-electron chi connectivity index (χ2n) is 4.29. The number of hydrogen-bond donors (Lipinski definition) is 0. The molecule has 1 aliphatic heterocycles. The summed E-state index contributed by atoms with van der Waals surface area (Å²) in [6.45, 7) is 11.9. The van der Waals surface area contributed by atoms with E-state index in [-0.39, 0.29) is 0 Å². The lowest BCUT2D eigenvalue weighted by molar-refractivity contribution is 0.162. The third-order valence-electron chi connectivity index (χ3n) is 2.95. The monoisotopic (exact) mass is 216 g/mol. The Morgan fingerprint density at radius 1 is 1.36 bits per heavy atom. The molecular formula is C11H21ClN2. The van der Waals surface area contributed by atoms with Crippen molar-refractivity contribution in [3.8, 4) is 0 Å². The van der Waals surface area contributed by atoms with Gasteiger partial charge < -0.3 is 4.90 Å². The summed E-state index contributed by atoms with van der Waals surface area (Å²) in [5.74, 6) is 1.13. The van der Waals surface area contributed by atoms with Gasteiger partial charge in [-0.1, -0.05) is 19.1 Å². The summed E-state index contributed by atoms with van der Waals surface area (Å²) in [6, 6.07) is 0. The van der Waals surface area contributed by atoms with Crippen molar-refractivity contribution < 1.29 is 0 Å². The molecule has 0 aliphatic carbocycles. The van der Waals surface area contributed by atoms with Crippen LogP contribution < -0.4 is 0 Å². The Kier molecular flexibility index (Phi) is 4.93. The van der Waals surface area contributed by atoms with Crippen molar-refractivity contribution in [2.45, 2.75) is 6.92 Å². The summed E-state index contributed by atoms with van der Waals surface area (Å²) in [7, 11) is 2.17. The van der Waals surface area contributed by atoms with Crippen LogP contribution in [-0.2, 0) is 0 Å². The van der Waals surface area contributed by atoms with E-state index in [4.69, 9.17) is 11.6 Å². The molecule has 82 valence electrons. The number of nitrogens with zero attached hydrogens (tertiary/aromatic N) is 2. The fourth-order valence-electron chi connectivity index (χ4n) is 1.56. The highest BCUT2D eigenvalue weighted by molar-refractivity contribution is 6.18. The topological polar surface area (TPSA) is 6.48 Å². The van der Waals surface area contributed by atoms with Gasteiger partial charge in [0.25, 0.3) is 0 Å². The standard InChI is InChI=1S/C11H21ClN2/c1-10(8-12)11(2)9-14-6-4-13(3)5-7-14/h10H,2,4-9H2,1,3H3. The normalized spacial score (nSPS) is 22.2. The zero-order valence-corrected chi connectivity index (χ0v) is 10.1. The molecule has 0 spiro atoms. The lowest BCUT2D eigenvalue weighted by atomic mass is 10.0. The van der Waals surface area contributed by atoms with Crippen molar-refractivity contribution >= 4 is 11.6 Å². The van der Waals surface area contributed by atoms with Gasteiger partial charge in [0.05, 0.1) is 0 Å². The first-order chi connectivity index (χ1) is 6.63. The van der Waals surface area contributed by atoms with Gasteiger partial charge in [-0.2, -0.15) is 0 Å². The van der Waals surface area contributed by atoms with E-state index in [0.29, 0.717) is 11.8 Å². The Morgan fingerprint density at radius 2 is 1.93 bits per heavy atom. The number of rotatable bonds is 4. The van der Waals surface area contributed by atoms with Crippen molar-refractivity contribution in [1.82, 2.24) is 9.80 Å². The Labute approximate surface area is 92.5 Å². The molecule has 1 heterocycles. The molecule has 0 radical (unpaired) electrons. The molecule has 1 saturated heterocycles. The van der Waals surface area contributed by atoms with Gasteiger partial charge in [-0.05, 0) is 13.0 Å². The molecule has 1 aliphatic rings. The van der Waals surface area contributed by atoms with Gasteiger partial charge >= 0.3 is 0 Å². The zero-order chi connectivity index (χ0) is 10.6. The molecule has 14 heavy (non-hydrogen) atoms. The maximum absolute atomic E-state index is 5.80. The van der Waals surface area contributed by atoms with E-state index in [2.05, 4.69) is 30.4 Å². The highest BCUT2D eigenvalue weighted by Crippen LogP contribution is 2.12. The molecular weight excluding hydrogens is 196 g/mol. The first kappa shape index (κ1) is 12.0. The molecule has 0 amide bonds. The summed E-state index contributed by atoms with van der Waals surface area (Å²) in [6.07, 6.45) is 0. The minimum atomic E-state index is 0.441. The number of likely N-dealkylation sites (N-methyl/N-ethyl adjacent to an activating group) is 1. The maximum Gasteiger partial charge on any atom is 0.0286 e. The van der Waals surface area contributed by atoms with Gasteiger partial charge in [-0.15, -0.1) is 11.6 Å². The van der Waals surface area contributed by atoms with Crippen LogP contribution in [0.3, 0.4) is 0 Å². The Balaban J connectivity index is 2.27. The molecule has 2 nitrogen and oxygen atoms in total. The van der Waals surface area contributed by atoms with Gasteiger partial charge in [-0.3, -0.25) is 4.90 Å². The van der Waals surface area contributed by atoms with E-state index in [0.717, 1.165) is 19.6 Å².